The molecule has 2 aromatic heterocycles. The lowest BCUT2D eigenvalue weighted by Gasteiger charge is -2.06. The average Bonchev–Trinajstić information content (AvgIpc) is 2.99. The molecule has 98 valence electrons. The van der Waals surface area contributed by atoms with Crippen molar-refractivity contribution >= 4 is 11.9 Å². The highest BCUT2D eigenvalue weighted by Crippen LogP contribution is 2.23. The van der Waals surface area contributed by atoms with E-state index in [2.05, 4.69) is 14.5 Å². The number of carbonyl (C=O) groups is 2. The molecule has 0 saturated carbocycles. The van der Waals surface area contributed by atoms with Crippen molar-refractivity contribution in [3.05, 3.63) is 41.8 Å². The van der Waals surface area contributed by atoms with Crippen LogP contribution in [0.2, 0.25) is 0 Å². The van der Waals surface area contributed by atoms with Crippen molar-refractivity contribution in [2.24, 2.45) is 0 Å². The van der Waals surface area contributed by atoms with Crippen LogP contribution in [-0.4, -0.2) is 31.1 Å². The van der Waals surface area contributed by atoms with Gasteiger partial charge in [0.1, 0.15) is 5.69 Å². The minimum atomic E-state index is -0.607. The summed E-state index contributed by atoms with van der Waals surface area (Å²) in [5.74, 6) is -0.773. The van der Waals surface area contributed by atoms with E-state index in [1.165, 1.54) is 32.7 Å². The Morgan fingerprint density at radius 1 is 1.21 bits per heavy atom. The van der Waals surface area contributed by atoms with E-state index >= 15 is 0 Å². The van der Waals surface area contributed by atoms with Crippen molar-refractivity contribution in [2.45, 2.75) is 0 Å². The number of furan rings is 1. The van der Waals surface area contributed by atoms with Crippen LogP contribution in [0, 0.1) is 0 Å². The van der Waals surface area contributed by atoms with Gasteiger partial charge in [0.15, 0.2) is 5.76 Å². The molecule has 0 aliphatic carbocycles. The van der Waals surface area contributed by atoms with Crippen LogP contribution < -0.4 is 0 Å². The molecule has 0 aliphatic heterocycles. The number of carbonyl (C=O) groups excluding carboxylic acids is 2. The Morgan fingerprint density at radius 3 is 2.53 bits per heavy atom. The summed E-state index contributed by atoms with van der Waals surface area (Å²) in [6.45, 7) is 0. The third kappa shape index (κ3) is 2.47. The van der Waals surface area contributed by atoms with Gasteiger partial charge in [0.05, 0.1) is 31.6 Å². The summed E-state index contributed by atoms with van der Waals surface area (Å²) in [7, 11) is 2.50. The first-order valence-electron chi connectivity index (χ1n) is 5.38. The van der Waals surface area contributed by atoms with E-state index in [0.29, 0.717) is 11.5 Å². The standard InChI is InChI=1S/C13H11NO5/c1-17-12(15)8-6-9(13(16)18-2)11(14-7-8)10-4-3-5-19-10/h3-7H,1-2H3. The van der Waals surface area contributed by atoms with Gasteiger partial charge in [0, 0.05) is 6.20 Å². The first-order valence-corrected chi connectivity index (χ1v) is 5.38. The number of hydrogen-bond acceptors (Lipinski definition) is 6. The average molecular weight is 261 g/mol. The van der Waals surface area contributed by atoms with Gasteiger partial charge in [-0.15, -0.1) is 0 Å². The number of hydrogen-bond donors (Lipinski definition) is 0. The lowest BCUT2D eigenvalue weighted by molar-refractivity contribution is 0.0599. The van der Waals surface area contributed by atoms with Crippen molar-refractivity contribution in [3.8, 4) is 11.5 Å². The highest BCUT2D eigenvalue weighted by atomic mass is 16.5. The highest BCUT2D eigenvalue weighted by Gasteiger charge is 2.19. The molecule has 2 heterocycles. The third-order valence-electron chi connectivity index (χ3n) is 2.47. The first kappa shape index (κ1) is 12.8. The quantitative estimate of drug-likeness (QED) is 0.785. The van der Waals surface area contributed by atoms with Gasteiger partial charge in [0.25, 0.3) is 0 Å². The summed E-state index contributed by atoms with van der Waals surface area (Å²) < 4.78 is 14.4. The number of aromatic nitrogens is 1. The predicted octanol–water partition coefficient (Wildman–Crippen LogP) is 1.91. The molecular formula is C13H11NO5. The molecular weight excluding hydrogens is 250 g/mol. The molecule has 0 N–H and O–H groups in total. The molecule has 0 radical (unpaired) electrons. The fourth-order valence-electron chi connectivity index (χ4n) is 1.57. The van der Waals surface area contributed by atoms with Gasteiger partial charge < -0.3 is 13.9 Å². The van der Waals surface area contributed by atoms with Crippen LogP contribution >= 0.6 is 0 Å². The molecule has 2 rings (SSSR count). The van der Waals surface area contributed by atoms with Gasteiger partial charge in [0.2, 0.25) is 0 Å². The van der Waals surface area contributed by atoms with E-state index in [4.69, 9.17) is 4.42 Å². The molecule has 0 saturated heterocycles. The maximum atomic E-state index is 11.7. The number of rotatable bonds is 3. The van der Waals surface area contributed by atoms with Crippen LogP contribution in [0.5, 0.6) is 0 Å². The fraction of sp³-hybridized carbons (Fsp3) is 0.154. The Hall–Kier alpha value is -2.63. The zero-order valence-corrected chi connectivity index (χ0v) is 10.4. The summed E-state index contributed by atoms with van der Waals surface area (Å²) in [4.78, 5) is 27.2. The Balaban J connectivity index is 2.55. The summed E-state index contributed by atoms with van der Waals surface area (Å²) in [5.41, 5.74) is 0.614. The zero-order valence-electron chi connectivity index (χ0n) is 10.4. The molecule has 19 heavy (non-hydrogen) atoms. The summed E-state index contributed by atoms with van der Waals surface area (Å²) in [6, 6.07) is 4.70. The molecule has 0 atom stereocenters. The van der Waals surface area contributed by atoms with E-state index in [0.717, 1.165) is 0 Å². The molecule has 0 fully saturated rings. The summed E-state index contributed by atoms with van der Waals surface area (Å²) >= 11 is 0. The second-order valence-electron chi connectivity index (χ2n) is 3.58. The van der Waals surface area contributed by atoms with E-state index in [-0.39, 0.29) is 11.1 Å². The van der Waals surface area contributed by atoms with Crippen LogP contribution in [0.15, 0.2) is 35.1 Å². The van der Waals surface area contributed by atoms with E-state index in [9.17, 15) is 9.59 Å². The van der Waals surface area contributed by atoms with Crippen LogP contribution in [0.4, 0.5) is 0 Å². The van der Waals surface area contributed by atoms with Crippen molar-refractivity contribution in [3.63, 3.8) is 0 Å². The van der Waals surface area contributed by atoms with E-state index in [1.807, 2.05) is 0 Å². The summed E-state index contributed by atoms with van der Waals surface area (Å²) in [6.07, 6.45) is 2.78. The number of esters is 2. The van der Waals surface area contributed by atoms with Crippen LogP contribution in [-0.2, 0) is 9.47 Å². The summed E-state index contributed by atoms with van der Waals surface area (Å²) in [5, 5.41) is 0. The van der Waals surface area contributed by atoms with E-state index < -0.39 is 11.9 Å². The highest BCUT2D eigenvalue weighted by molar-refractivity contribution is 5.99. The van der Waals surface area contributed by atoms with Crippen molar-refractivity contribution in [2.75, 3.05) is 14.2 Å². The minimum Gasteiger partial charge on any atom is -0.465 e. The molecule has 2 aromatic rings. The van der Waals surface area contributed by atoms with Crippen molar-refractivity contribution < 1.29 is 23.5 Å². The van der Waals surface area contributed by atoms with Gasteiger partial charge >= 0.3 is 11.9 Å². The molecule has 0 aliphatic rings. The smallest absolute Gasteiger partial charge is 0.340 e. The van der Waals surface area contributed by atoms with Gasteiger partial charge in [-0.1, -0.05) is 0 Å². The Kier molecular flexibility index (Phi) is 3.61. The van der Waals surface area contributed by atoms with Crippen LogP contribution in [0.1, 0.15) is 20.7 Å². The maximum Gasteiger partial charge on any atom is 0.340 e. The maximum absolute atomic E-state index is 11.7. The topological polar surface area (TPSA) is 78.6 Å². The number of ether oxygens (including phenoxy) is 2. The third-order valence-corrected chi connectivity index (χ3v) is 2.47. The Labute approximate surface area is 109 Å². The van der Waals surface area contributed by atoms with E-state index in [1.54, 1.807) is 12.1 Å². The van der Waals surface area contributed by atoms with Crippen LogP contribution in [0.25, 0.3) is 11.5 Å². The molecule has 0 amide bonds. The largest absolute Gasteiger partial charge is 0.465 e. The number of nitrogens with zero attached hydrogens (tertiary/aromatic N) is 1. The van der Waals surface area contributed by atoms with Gasteiger partial charge in [-0.25, -0.2) is 9.59 Å². The van der Waals surface area contributed by atoms with Gasteiger partial charge in [-0.3, -0.25) is 4.98 Å². The molecule has 0 aromatic carbocycles. The molecule has 6 nitrogen and oxygen atoms in total. The monoisotopic (exact) mass is 261 g/mol. The number of pyridine rings is 1. The molecule has 0 bridgehead atoms. The van der Waals surface area contributed by atoms with Crippen molar-refractivity contribution in [1.82, 2.24) is 4.98 Å². The first-order chi connectivity index (χ1) is 9.17. The fourth-order valence-corrected chi connectivity index (χ4v) is 1.57. The lowest BCUT2D eigenvalue weighted by Crippen LogP contribution is -2.09. The van der Waals surface area contributed by atoms with Gasteiger partial charge in [-0.2, -0.15) is 0 Å². The molecule has 0 unspecified atom stereocenters. The second-order valence-corrected chi connectivity index (χ2v) is 3.58. The van der Waals surface area contributed by atoms with Crippen molar-refractivity contribution in [1.29, 1.82) is 0 Å². The molecule has 6 heteroatoms. The Morgan fingerprint density at radius 2 is 1.95 bits per heavy atom. The SMILES string of the molecule is COC(=O)c1cnc(-c2ccco2)c(C(=O)OC)c1. The lowest BCUT2D eigenvalue weighted by atomic mass is 10.1. The normalized spacial score (nSPS) is 10.0. The predicted molar refractivity (Wildman–Crippen MR) is 64.6 cm³/mol. The Bertz CT molecular complexity index is 604. The minimum absolute atomic E-state index is 0.139. The number of methoxy groups -OCH3 is 2. The van der Waals surface area contributed by atoms with Gasteiger partial charge in [-0.05, 0) is 18.2 Å². The zero-order chi connectivity index (χ0) is 13.8. The second kappa shape index (κ2) is 5.34. The van der Waals surface area contributed by atoms with Crippen LogP contribution in [0.3, 0.4) is 0 Å². The molecule has 0 spiro atoms.